The molecule has 0 saturated heterocycles. The first-order valence-electron chi connectivity index (χ1n) is 4.12. The molecule has 0 aromatic heterocycles. The lowest BCUT2D eigenvalue weighted by atomic mass is 10.3. The summed E-state index contributed by atoms with van der Waals surface area (Å²) in [5.74, 6) is 1.91. The molecule has 0 aliphatic heterocycles. The molecule has 0 bridgehead atoms. The first-order valence-corrected chi connectivity index (χ1v) is 4.75. The lowest BCUT2D eigenvalue weighted by Gasteiger charge is -2.00. The molecule has 1 fully saturated rings. The molecule has 0 atom stereocenters. The predicted octanol–water partition coefficient (Wildman–Crippen LogP) is 2.12. The van der Waals surface area contributed by atoms with Gasteiger partial charge in [-0.05, 0) is 37.4 Å². The van der Waals surface area contributed by atoms with Crippen molar-refractivity contribution in [2.24, 2.45) is 5.92 Å². The summed E-state index contributed by atoms with van der Waals surface area (Å²) in [6.07, 6.45) is 5.16. The number of thiol groups is 1. The number of ether oxygens (including phenoxy) is 1. The van der Waals surface area contributed by atoms with Crippen LogP contribution in [0, 0.1) is 5.92 Å². The van der Waals surface area contributed by atoms with E-state index in [9.17, 15) is 0 Å². The van der Waals surface area contributed by atoms with Crippen LogP contribution in [-0.2, 0) is 4.74 Å². The Morgan fingerprint density at radius 1 is 1.30 bits per heavy atom. The maximum absolute atomic E-state index is 5.43. The van der Waals surface area contributed by atoms with Crippen LogP contribution in [0.5, 0.6) is 0 Å². The fourth-order valence-corrected chi connectivity index (χ4v) is 1.07. The van der Waals surface area contributed by atoms with Gasteiger partial charge in [-0.25, -0.2) is 0 Å². The van der Waals surface area contributed by atoms with Crippen molar-refractivity contribution in [2.75, 3.05) is 19.0 Å². The van der Waals surface area contributed by atoms with Gasteiger partial charge in [0.25, 0.3) is 0 Å². The van der Waals surface area contributed by atoms with Crippen molar-refractivity contribution in [1.29, 1.82) is 0 Å². The highest BCUT2D eigenvalue weighted by Crippen LogP contribution is 2.28. The molecular weight excluding hydrogens is 144 g/mol. The quantitative estimate of drug-likeness (QED) is 0.462. The minimum atomic E-state index is 0.913. The van der Waals surface area contributed by atoms with Gasteiger partial charge in [0.1, 0.15) is 0 Å². The standard InChI is InChI=1S/C8H16OS/c10-6-2-1-5-9-7-8-3-4-8/h8,10H,1-7H2. The molecule has 10 heavy (non-hydrogen) atoms. The van der Waals surface area contributed by atoms with E-state index in [4.69, 9.17) is 4.74 Å². The van der Waals surface area contributed by atoms with E-state index in [0.717, 1.165) is 24.9 Å². The van der Waals surface area contributed by atoms with Crippen LogP contribution in [-0.4, -0.2) is 19.0 Å². The average Bonchev–Trinajstić information content (AvgIpc) is 2.71. The summed E-state index contributed by atoms with van der Waals surface area (Å²) in [6, 6.07) is 0. The van der Waals surface area contributed by atoms with Gasteiger partial charge in [-0.1, -0.05) is 0 Å². The minimum absolute atomic E-state index is 0.913. The zero-order valence-corrected chi connectivity index (χ0v) is 7.28. The Bertz CT molecular complexity index is 81.3. The van der Waals surface area contributed by atoms with Crippen LogP contribution in [0.1, 0.15) is 25.7 Å². The molecule has 0 spiro atoms. The van der Waals surface area contributed by atoms with Crippen LogP contribution in [0.2, 0.25) is 0 Å². The Labute approximate surface area is 68.6 Å². The molecule has 0 heterocycles. The molecule has 1 saturated carbocycles. The fraction of sp³-hybridized carbons (Fsp3) is 1.00. The summed E-state index contributed by atoms with van der Waals surface area (Å²) >= 11 is 4.12. The van der Waals surface area contributed by atoms with Crippen molar-refractivity contribution in [3.63, 3.8) is 0 Å². The van der Waals surface area contributed by atoms with Crippen molar-refractivity contribution in [3.8, 4) is 0 Å². The van der Waals surface area contributed by atoms with Gasteiger partial charge < -0.3 is 4.74 Å². The van der Waals surface area contributed by atoms with Crippen LogP contribution in [0.3, 0.4) is 0 Å². The van der Waals surface area contributed by atoms with Crippen molar-refractivity contribution in [1.82, 2.24) is 0 Å². The second-order valence-electron chi connectivity index (χ2n) is 2.95. The van der Waals surface area contributed by atoms with Crippen LogP contribution < -0.4 is 0 Å². The maximum atomic E-state index is 5.43. The molecule has 0 radical (unpaired) electrons. The van der Waals surface area contributed by atoms with E-state index in [0.29, 0.717) is 0 Å². The molecule has 0 aromatic rings. The van der Waals surface area contributed by atoms with Gasteiger partial charge in [0.2, 0.25) is 0 Å². The van der Waals surface area contributed by atoms with Crippen LogP contribution >= 0.6 is 12.6 Å². The molecular formula is C8H16OS. The topological polar surface area (TPSA) is 9.23 Å². The Morgan fingerprint density at radius 3 is 2.70 bits per heavy atom. The van der Waals surface area contributed by atoms with E-state index in [2.05, 4.69) is 12.6 Å². The number of unbranched alkanes of at least 4 members (excludes halogenated alkanes) is 1. The van der Waals surface area contributed by atoms with Gasteiger partial charge >= 0.3 is 0 Å². The smallest absolute Gasteiger partial charge is 0.0494 e. The van der Waals surface area contributed by atoms with Gasteiger partial charge in [-0.3, -0.25) is 0 Å². The third-order valence-corrected chi connectivity index (χ3v) is 2.06. The largest absolute Gasteiger partial charge is 0.381 e. The zero-order valence-electron chi connectivity index (χ0n) is 6.38. The first kappa shape index (κ1) is 8.41. The molecule has 1 nitrogen and oxygen atoms in total. The Hall–Kier alpha value is 0.310. The van der Waals surface area contributed by atoms with Crippen LogP contribution in [0.25, 0.3) is 0 Å². The highest BCUT2D eigenvalue weighted by atomic mass is 32.1. The SMILES string of the molecule is SCCCCOCC1CC1. The zero-order chi connectivity index (χ0) is 7.23. The van der Waals surface area contributed by atoms with E-state index in [-0.39, 0.29) is 0 Å². The minimum Gasteiger partial charge on any atom is -0.381 e. The summed E-state index contributed by atoms with van der Waals surface area (Å²) in [5, 5.41) is 0. The number of rotatable bonds is 6. The lowest BCUT2D eigenvalue weighted by Crippen LogP contribution is -1.98. The molecule has 0 N–H and O–H groups in total. The highest BCUT2D eigenvalue weighted by Gasteiger charge is 2.20. The first-order chi connectivity index (χ1) is 4.93. The Kier molecular flexibility index (Phi) is 4.23. The van der Waals surface area contributed by atoms with Gasteiger partial charge in [-0.15, -0.1) is 0 Å². The molecule has 1 aliphatic carbocycles. The predicted molar refractivity (Wildman–Crippen MR) is 46.6 cm³/mol. The second kappa shape index (κ2) is 5.03. The van der Waals surface area contributed by atoms with Gasteiger partial charge in [0, 0.05) is 13.2 Å². The molecule has 1 rings (SSSR count). The highest BCUT2D eigenvalue weighted by molar-refractivity contribution is 7.80. The van der Waals surface area contributed by atoms with E-state index >= 15 is 0 Å². The van der Waals surface area contributed by atoms with E-state index < -0.39 is 0 Å². The summed E-state index contributed by atoms with van der Waals surface area (Å²) in [7, 11) is 0. The summed E-state index contributed by atoms with van der Waals surface area (Å²) in [4.78, 5) is 0. The number of hydrogen-bond acceptors (Lipinski definition) is 2. The summed E-state index contributed by atoms with van der Waals surface area (Å²) in [6.45, 7) is 1.95. The molecule has 0 aromatic carbocycles. The molecule has 60 valence electrons. The van der Waals surface area contributed by atoms with E-state index in [1.54, 1.807) is 0 Å². The molecule has 0 amide bonds. The van der Waals surface area contributed by atoms with Crippen molar-refractivity contribution < 1.29 is 4.74 Å². The monoisotopic (exact) mass is 160 g/mol. The molecule has 0 unspecified atom stereocenters. The van der Waals surface area contributed by atoms with Gasteiger partial charge in [0.05, 0.1) is 0 Å². The maximum Gasteiger partial charge on any atom is 0.0494 e. The van der Waals surface area contributed by atoms with Crippen molar-refractivity contribution >= 4 is 12.6 Å². The summed E-state index contributed by atoms with van der Waals surface area (Å²) < 4.78 is 5.43. The van der Waals surface area contributed by atoms with Crippen molar-refractivity contribution in [2.45, 2.75) is 25.7 Å². The Balaban J connectivity index is 1.68. The fourth-order valence-electron chi connectivity index (χ4n) is 0.850. The lowest BCUT2D eigenvalue weighted by molar-refractivity contribution is 0.122. The van der Waals surface area contributed by atoms with Crippen LogP contribution in [0.15, 0.2) is 0 Å². The molecule has 1 aliphatic rings. The third kappa shape index (κ3) is 4.18. The Morgan fingerprint density at radius 2 is 2.10 bits per heavy atom. The van der Waals surface area contributed by atoms with E-state index in [1.807, 2.05) is 0 Å². The summed E-state index contributed by atoms with van der Waals surface area (Å²) in [5.41, 5.74) is 0. The number of hydrogen-bond donors (Lipinski definition) is 1. The van der Waals surface area contributed by atoms with Crippen LogP contribution in [0.4, 0.5) is 0 Å². The average molecular weight is 160 g/mol. The van der Waals surface area contributed by atoms with Gasteiger partial charge in [0.15, 0.2) is 0 Å². The normalized spacial score (nSPS) is 17.7. The van der Waals surface area contributed by atoms with E-state index in [1.165, 1.54) is 25.7 Å². The third-order valence-electron chi connectivity index (χ3n) is 1.75. The second-order valence-corrected chi connectivity index (χ2v) is 3.40. The molecule has 2 heteroatoms. The van der Waals surface area contributed by atoms with Crippen molar-refractivity contribution in [3.05, 3.63) is 0 Å². The van der Waals surface area contributed by atoms with Gasteiger partial charge in [-0.2, -0.15) is 12.6 Å².